The highest BCUT2D eigenvalue weighted by molar-refractivity contribution is 5.61. The maximum Gasteiger partial charge on any atom is 0.573 e. The molecule has 1 aromatic carbocycles. The minimum atomic E-state index is -4.73. The first-order valence-electron chi connectivity index (χ1n) is 5.66. The van der Waals surface area contributed by atoms with E-state index in [2.05, 4.69) is 9.72 Å². The van der Waals surface area contributed by atoms with Crippen LogP contribution in [0.1, 0.15) is 5.56 Å². The van der Waals surface area contributed by atoms with Crippen LogP contribution in [0.25, 0.3) is 11.3 Å². The molecule has 0 unspecified atom stereocenters. The Labute approximate surface area is 113 Å². The van der Waals surface area contributed by atoms with Gasteiger partial charge in [0.25, 0.3) is 0 Å². The summed E-state index contributed by atoms with van der Waals surface area (Å²) in [6.07, 6.45) is -3.00. The second-order valence-electron chi connectivity index (χ2n) is 3.96. The van der Waals surface area contributed by atoms with Crippen LogP contribution < -0.4 is 4.74 Å². The highest BCUT2D eigenvalue weighted by Gasteiger charge is 2.31. The molecule has 6 heteroatoms. The number of alkyl halides is 3. The molecule has 0 aliphatic carbocycles. The topological polar surface area (TPSA) is 45.9 Å². The molecule has 0 radical (unpaired) electrons. The van der Waals surface area contributed by atoms with E-state index in [1.807, 2.05) is 6.07 Å². The highest BCUT2D eigenvalue weighted by Crippen LogP contribution is 2.27. The lowest BCUT2D eigenvalue weighted by Crippen LogP contribution is -2.17. The first kappa shape index (κ1) is 13.9. The van der Waals surface area contributed by atoms with Crippen LogP contribution in [0.5, 0.6) is 5.75 Å². The standard InChI is InChI=1S/C14H9F3N2O/c15-14(16,17)20-12-3-1-2-11(9-12)13-8-10(4-6-18)5-7-19-13/h1-3,5,7-9H,4H2. The van der Waals surface area contributed by atoms with Crippen LogP contribution in [0.3, 0.4) is 0 Å². The van der Waals surface area contributed by atoms with Gasteiger partial charge in [-0.15, -0.1) is 13.2 Å². The molecule has 0 amide bonds. The van der Waals surface area contributed by atoms with E-state index in [1.54, 1.807) is 18.2 Å². The molecule has 0 aliphatic heterocycles. The molecule has 1 heterocycles. The Bertz CT molecular complexity index is 647. The fourth-order valence-corrected chi connectivity index (χ4v) is 1.69. The van der Waals surface area contributed by atoms with Crippen molar-refractivity contribution in [2.24, 2.45) is 0 Å². The van der Waals surface area contributed by atoms with E-state index in [4.69, 9.17) is 5.26 Å². The van der Waals surface area contributed by atoms with Crippen molar-refractivity contribution < 1.29 is 17.9 Å². The Hall–Kier alpha value is -2.55. The van der Waals surface area contributed by atoms with Gasteiger partial charge in [-0.05, 0) is 29.8 Å². The van der Waals surface area contributed by atoms with E-state index >= 15 is 0 Å². The molecule has 0 spiro atoms. The third-order valence-electron chi connectivity index (χ3n) is 2.47. The van der Waals surface area contributed by atoms with E-state index in [0.717, 1.165) is 5.56 Å². The van der Waals surface area contributed by atoms with Gasteiger partial charge in [-0.2, -0.15) is 5.26 Å². The zero-order valence-corrected chi connectivity index (χ0v) is 10.2. The molecular weight excluding hydrogens is 269 g/mol. The van der Waals surface area contributed by atoms with Gasteiger partial charge in [0, 0.05) is 11.8 Å². The van der Waals surface area contributed by atoms with Crippen LogP contribution in [0.2, 0.25) is 0 Å². The van der Waals surface area contributed by atoms with E-state index in [9.17, 15) is 13.2 Å². The van der Waals surface area contributed by atoms with E-state index in [0.29, 0.717) is 11.3 Å². The molecular formula is C14H9F3N2O. The normalized spacial score (nSPS) is 10.9. The second-order valence-corrected chi connectivity index (χ2v) is 3.96. The predicted octanol–water partition coefficient (Wildman–Crippen LogP) is 3.71. The summed E-state index contributed by atoms with van der Waals surface area (Å²) in [7, 11) is 0. The van der Waals surface area contributed by atoms with E-state index < -0.39 is 6.36 Å². The molecule has 3 nitrogen and oxygen atoms in total. The molecule has 2 rings (SSSR count). The third kappa shape index (κ3) is 3.72. The summed E-state index contributed by atoms with van der Waals surface area (Å²) < 4.78 is 40.4. The minimum Gasteiger partial charge on any atom is -0.406 e. The van der Waals surface area contributed by atoms with Crippen LogP contribution >= 0.6 is 0 Å². The van der Waals surface area contributed by atoms with Crippen molar-refractivity contribution in [3.05, 3.63) is 48.2 Å². The number of aromatic nitrogens is 1. The molecule has 0 aliphatic rings. The summed E-state index contributed by atoms with van der Waals surface area (Å²) in [4.78, 5) is 4.08. The van der Waals surface area contributed by atoms with Gasteiger partial charge in [-0.3, -0.25) is 4.98 Å². The Morgan fingerprint density at radius 3 is 2.70 bits per heavy atom. The zero-order valence-electron chi connectivity index (χ0n) is 10.2. The van der Waals surface area contributed by atoms with Crippen molar-refractivity contribution in [1.82, 2.24) is 4.98 Å². The number of pyridine rings is 1. The van der Waals surface area contributed by atoms with Crippen molar-refractivity contribution in [1.29, 1.82) is 5.26 Å². The summed E-state index contributed by atoms with van der Waals surface area (Å²) in [6, 6.07) is 10.9. The largest absolute Gasteiger partial charge is 0.573 e. The lowest BCUT2D eigenvalue weighted by atomic mass is 10.1. The summed E-state index contributed by atoms with van der Waals surface area (Å²) in [5.74, 6) is -0.303. The number of hydrogen-bond donors (Lipinski definition) is 0. The third-order valence-corrected chi connectivity index (χ3v) is 2.47. The molecule has 0 saturated heterocycles. The SMILES string of the molecule is N#CCc1ccnc(-c2cccc(OC(F)(F)F)c2)c1. The lowest BCUT2D eigenvalue weighted by Gasteiger charge is -2.10. The summed E-state index contributed by atoms with van der Waals surface area (Å²) >= 11 is 0. The maximum absolute atomic E-state index is 12.2. The number of benzene rings is 1. The van der Waals surface area contributed by atoms with E-state index in [-0.39, 0.29) is 12.2 Å². The molecule has 2 aromatic rings. The van der Waals surface area contributed by atoms with Gasteiger partial charge in [0.1, 0.15) is 5.75 Å². The van der Waals surface area contributed by atoms with Gasteiger partial charge in [0.05, 0.1) is 18.2 Å². The van der Waals surface area contributed by atoms with Crippen LogP contribution in [0.15, 0.2) is 42.6 Å². The van der Waals surface area contributed by atoms with Gasteiger partial charge in [-0.25, -0.2) is 0 Å². The van der Waals surface area contributed by atoms with Crippen molar-refractivity contribution in [2.75, 3.05) is 0 Å². The lowest BCUT2D eigenvalue weighted by molar-refractivity contribution is -0.274. The first-order valence-corrected chi connectivity index (χ1v) is 5.66. The van der Waals surface area contributed by atoms with Gasteiger partial charge in [0.2, 0.25) is 0 Å². The average molecular weight is 278 g/mol. The average Bonchev–Trinajstić information content (AvgIpc) is 2.38. The Morgan fingerprint density at radius 1 is 1.20 bits per heavy atom. The molecule has 102 valence electrons. The van der Waals surface area contributed by atoms with E-state index in [1.165, 1.54) is 24.4 Å². The van der Waals surface area contributed by atoms with Gasteiger partial charge in [-0.1, -0.05) is 12.1 Å². The number of nitrogens with zero attached hydrogens (tertiary/aromatic N) is 2. The summed E-state index contributed by atoms with van der Waals surface area (Å²) in [6.45, 7) is 0. The van der Waals surface area contributed by atoms with Gasteiger partial charge < -0.3 is 4.74 Å². The van der Waals surface area contributed by atoms with Crippen molar-refractivity contribution in [3.8, 4) is 23.1 Å². The summed E-state index contributed by atoms with van der Waals surface area (Å²) in [5, 5.41) is 8.64. The Balaban J connectivity index is 2.31. The number of nitriles is 1. The molecule has 0 saturated carbocycles. The van der Waals surface area contributed by atoms with Crippen LogP contribution in [-0.2, 0) is 6.42 Å². The number of ether oxygens (including phenoxy) is 1. The smallest absolute Gasteiger partial charge is 0.406 e. The molecule has 20 heavy (non-hydrogen) atoms. The fraction of sp³-hybridized carbons (Fsp3) is 0.143. The minimum absolute atomic E-state index is 0.217. The molecule has 1 aromatic heterocycles. The molecule has 0 bridgehead atoms. The monoisotopic (exact) mass is 278 g/mol. The number of rotatable bonds is 3. The quantitative estimate of drug-likeness (QED) is 0.859. The van der Waals surface area contributed by atoms with Crippen LogP contribution in [0, 0.1) is 11.3 Å². The zero-order chi connectivity index (χ0) is 14.6. The number of hydrogen-bond acceptors (Lipinski definition) is 3. The molecule has 0 N–H and O–H groups in total. The van der Waals surface area contributed by atoms with Crippen molar-refractivity contribution in [2.45, 2.75) is 12.8 Å². The predicted molar refractivity (Wildman–Crippen MR) is 65.7 cm³/mol. The van der Waals surface area contributed by atoms with Gasteiger partial charge in [0.15, 0.2) is 0 Å². The highest BCUT2D eigenvalue weighted by atomic mass is 19.4. The fourth-order valence-electron chi connectivity index (χ4n) is 1.69. The molecule has 0 atom stereocenters. The maximum atomic E-state index is 12.2. The van der Waals surface area contributed by atoms with Gasteiger partial charge >= 0.3 is 6.36 Å². The Morgan fingerprint density at radius 2 is 2.00 bits per heavy atom. The van der Waals surface area contributed by atoms with Crippen molar-refractivity contribution >= 4 is 0 Å². The Kier molecular flexibility index (Phi) is 3.89. The number of halogens is 3. The molecule has 0 fully saturated rings. The summed E-state index contributed by atoms with van der Waals surface area (Å²) in [5.41, 5.74) is 1.73. The second kappa shape index (κ2) is 5.61. The van der Waals surface area contributed by atoms with Crippen LogP contribution in [-0.4, -0.2) is 11.3 Å². The van der Waals surface area contributed by atoms with Crippen LogP contribution in [0.4, 0.5) is 13.2 Å². The van der Waals surface area contributed by atoms with Crippen molar-refractivity contribution in [3.63, 3.8) is 0 Å². The first-order chi connectivity index (χ1) is 9.48.